The van der Waals surface area contributed by atoms with Gasteiger partial charge in [0.1, 0.15) is 17.7 Å². The standard InChI is InChI=1S/C17H15FN4OS/c18-12-5-3-11(4-6-12)14-8-15-17(23)20-10-16(22(15)21-14)19-9-13-2-1-7-24-13/h1-8,16,19H,9-10H2,(H,20,23)/t16-/m0/s1. The molecule has 2 N–H and O–H groups in total. The minimum absolute atomic E-state index is 0.117. The second-order valence-corrected chi connectivity index (χ2v) is 6.58. The average molecular weight is 342 g/mol. The Morgan fingerprint density at radius 1 is 1.33 bits per heavy atom. The lowest BCUT2D eigenvalue weighted by Crippen LogP contribution is -2.45. The van der Waals surface area contributed by atoms with E-state index in [0.717, 1.165) is 5.56 Å². The van der Waals surface area contributed by atoms with Crippen LogP contribution in [0.2, 0.25) is 0 Å². The van der Waals surface area contributed by atoms with Crippen molar-refractivity contribution >= 4 is 17.2 Å². The Labute approximate surface area is 142 Å². The molecule has 0 saturated carbocycles. The van der Waals surface area contributed by atoms with Crippen molar-refractivity contribution in [2.45, 2.75) is 12.7 Å². The van der Waals surface area contributed by atoms with Crippen molar-refractivity contribution in [1.29, 1.82) is 0 Å². The van der Waals surface area contributed by atoms with Gasteiger partial charge in [0, 0.05) is 17.0 Å². The highest BCUT2D eigenvalue weighted by atomic mass is 32.1. The van der Waals surface area contributed by atoms with E-state index in [2.05, 4.69) is 21.8 Å². The molecule has 0 spiro atoms. The van der Waals surface area contributed by atoms with Crippen molar-refractivity contribution in [2.75, 3.05) is 6.54 Å². The first-order valence-electron chi connectivity index (χ1n) is 7.60. The van der Waals surface area contributed by atoms with E-state index in [1.165, 1.54) is 17.0 Å². The zero-order valence-corrected chi connectivity index (χ0v) is 13.5. The zero-order chi connectivity index (χ0) is 16.5. The smallest absolute Gasteiger partial charge is 0.269 e. The van der Waals surface area contributed by atoms with Crippen molar-refractivity contribution in [3.05, 3.63) is 64.2 Å². The highest BCUT2D eigenvalue weighted by Crippen LogP contribution is 2.23. The zero-order valence-electron chi connectivity index (χ0n) is 12.7. The van der Waals surface area contributed by atoms with Crippen LogP contribution in [0, 0.1) is 5.82 Å². The fraction of sp³-hybridized carbons (Fsp3) is 0.176. The Bertz CT molecular complexity index is 857. The van der Waals surface area contributed by atoms with Crippen molar-refractivity contribution in [3.8, 4) is 11.3 Å². The minimum Gasteiger partial charge on any atom is -0.347 e. The molecule has 1 amide bonds. The summed E-state index contributed by atoms with van der Waals surface area (Å²) in [5.74, 6) is -0.444. The maximum Gasteiger partial charge on any atom is 0.269 e. The quantitative estimate of drug-likeness (QED) is 0.766. The number of hydrogen-bond acceptors (Lipinski definition) is 4. The van der Waals surface area contributed by atoms with Crippen LogP contribution >= 0.6 is 11.3 Å². The maximum absolute atomic E-state index is 13.1. The molecule has 0 saturated heterocycles. The highest BCUT2D eigenvalue weighted by molar-refractivity contribution is 7.09. The third-order valence-corrected chi connectivity index (χ3v) is 4.83. The minimum atomic E-state index is -0.295. The van der Waals surface area contributed by atoms with E-state index < -0.39 is 0 Å². The van der Waals surface area contributed by atoms with Gasteiger partial charge in [0.25, 0.3) is 5.91 Å². The van der Waals surface area contributed by atoms with E-state index >= 15 is 0 Å². The molecule has 0 bridgehead atoms. The first kappa shape index (κ1) is 15.0. The molecule has 7 heteroatoms. The van der Waals surface area contributed by atoms with E-state index in [1.54, 1.807) is 34.2 Å². The number of rotatable bonds is 4. The SMILES string of the molecule is O=C1NC[C@@H](NCc2cccs2)n2nc(-c3ccc(F)cc3)cc21. The van der Waals surface area contributed by atoms with Crippen LogP contribution in [0.15, 0.2) is 47.8 Å². The monoisotopic (exact) mass is 342 g/mol. The third-order valence-electron chi connectivity index (χ3n) is 3.95. The first-order valence-corrected chi connectivity index (χ1v) is 8.48. The van der Waals surface area contributed by atoms with Crippen LogP contribution in [0.3, 0.4) is 0 Å². The fourth-order valence-electron chi connectivity index (χ4n) is 2.72. The summed E-state index contributed by atoms with van der Waals surface area (Å²) in [5.41, 5.74) is 1.94. The number of carbonyl (C=O) groups excluding carboxylic acids is 1. The number of fused-ring (bicyclic) bond motifs is 1. The van der Waals surface area contributed by atoms with Crippen molar-refractivity contribution < 1.29 is 9.18 Å². The van der Waals surface area contributed by atoms with Gasteiger partial charge in [-0.3, -0.25) is 10.1 Å². The largest absolute Gasteiger partial charge is 0.347 e. The lowest BCUT2D eigenvalue weighted by Gasteiger charge is -2.25. The molecule has 4 rings (SSSR count). The van der Waals surface area contributed by atoms with Gasteiger partial charge >= 0.3 is 0 Å². The van der Waals surface area contributed by atoms with Gasteiger partial charge in [-0.2, -0.15) is 5.10 Å². The third kappa shape index (κ3) is 2.83. The van der Waals surface area contributed by atoms with Crippen LogP contribution in [0.1, 0.15) is 21.5 Å². The normalized spacial score (nSPS) is 16.7. The molecule has 1 atom stereocenters. The summed E-state index contributed by atoms with van der Waals surface area (Å²) in [6.45, 7) is 1.19. The number of halogens is 1. The molecule has 1 aromatic carbocycles. The van der Waals surface area contributed by atoms with Gasteiger partial charge < -0.3 is 5.32 Å². The summed E-state index contributed by atoms with van der Waals surface area (Å²) in [6.07, 6.45) is -0.117. The number of benzene rings is 1. The van der Waals surface area contributed by atoms with E-state index in [0.29, 0.717) is 24.5 Å². The number of amides is 1. The number of hydrogen-bond donors (Lipinski definition) is 2. The van der Waals surface area contributed by atoms with Gasteiger partial charge in [-0.25, -0.2) is 9.07 Å². The molecule has 0 unspecified atom stereocenters. The molecule has 3 heterocycles. The first-order chi connectivity index (χ1) is 11.7. The van der Waals surface area contributed by atoms with Gasteiger partial charge in [0.2, 0.25) is 0 Å². The van der Waals surface area contributed by atoms with Gasteiger partial charge in [-0.05, 0) is 41.8 Å². The Kier molecular flexibility index (Phi) is 3.87. The number of nitrogens with zero attached hydrogens (tertiary/aromatic N) is 2. The Balaban J connectivity index is 1.62. The molecule has 24 heavy (non-hydrogen) atoms. The summed E-state index contributed by atoms with van der Waals surface area (Å²) < 4.78 is 14.8. The van der Waals surface area contributed by atoms with Gasteiger partial charge in [-0.15, -0.1) is 11.3 Å². The van der Waals surface area contributed by atoms with Gasteiger partial charge in [0.15, 0.2) is 0 Å². The Morgan fingerprint density at radius 2 is 2.17 bits per heavy atom. The molecular weight excluding hydrogens is 327 g/mol. The molecule has 5 nitrogen and oxygen atoms in total. The van der Waals surface area contributed by atoms with E-state index in [4.69, 9.17) is 0 Å². The molecule has 1 aliphatic rings. The topological polar surface area (TPSA) is 59.0 Å². The van der Waals surface area contributed by atoms with Crippen molar-refractivity contribution in [2.24, 2.45) is 0 Å². The predicted octanol–water partition coefficient (Wildman–Crippen LogP) is 2.78. The summed E-state index contributed by atoms with van der Waals surface area (Å²) in [7, 11) is 0. The highest BCUT2D eigenvalue weighted by Gasteiger charge is 2.27. The molecular formula is C17H15FN4OS. The molecule has 3 aromatic rings. The summed E-state index contributed by atoms with van der Waals surface area (Å²) in [6, 6.07) is 11.9. The van der Waals surface area contributed by atoms with Gasteiger partial charge in [0.05, 0.1) is 12.2 Å². The number of aromatic nitrogens is 2. The van der Waals surface area contributed by atoms with Crippen LogP contribution in [-0.2, 0) is 6.54 Å². The molecule has 0 radical (unpaired) electrons. The molecule has 122 valence electrons. The van der Waals surface area contributed by atoms with Gasteiger partial charge in [-0.1, -0.05) is 6.07 Å². The van der Waals surface area contributed by atoms with Crippen molar-refractivity contribution in [1.82, 2.24) is 20.4 Å². The Morgan fingerprint density at radius 3 is 2.92 bits per heavy atom. The van der Waals surface area contributed by atoms with E-state index in [9.17, 15) is 9.18 Å². The van der Waals surface area contributed by atoms with Crippen LogP contribution in [0.4, 0.5) is 4.39 Å². The van der Waals surface area contributed by atoms with Crippen LogP contribution in [0.25, 0.3) is 11.3 Å². The van der Waals surface area contributed by atoms with Crippen LogP contribution < -0.4 is 10.6 Å². The summed E-state index contributed by atoms with van der Waals surface area (Å²) in [4.78, 5) is 13.3. The molecule has 2 aromatic heterocycles. The summed E-state index contributed by atoms with van der Waals surface area (Å²) >= 11 is 1.68. The second kappa shape index (κ2) is 6.18. The predicted molar refractivity (Wildman–Crippen MR) is 90.1 cm³/mol. The lowest BCUT2D eigenvalue weighted by atomic mass is 10.1. The number of thiophene rings is 1. The summed E-state index contributed by atoms with van der Waals surface area (Å²) in [5, 5.41) is 12.9. The van der Waals surface area contributed by atoms with E-state index in [-0.39, 0.29) is 17.9 Å². The maximum atomic E-state index is 13.1. The molecule has 1 aliphatic heterocycles. The number of nitrogens with one attached hydrogen (secondary N) is 2. The van der Waals surface area contributed by atoms with Crippen molar-refractivity contribution in [3.63, 3.8) is 0 Å². The van der Waals surface area contributed by atoms with Crippen LogP contribution in [-0.4, -0.2) is 22.2 Å². The average Bonchev–Trinajstić information content (AvgIpc) is 3.25. The molecule has 0 fully saturated rings. The fourth-order valence-corrected chi connectivity index (χ4v) is 3.38. The molecule has 0 aliphatic carbocycles. The lowest BCUT2D eigenvalue weighted by molar-refractivity contribution is 0.0900. The van der Waals surface area contributed by atoms with E-state index in [1.807, 2.05) is 11.4 Å². The Hall–Kier alpha value is -2.51. The second-order valence-electron chi connectivity index (χ2n) is 5.55. The van der Waals surface area contributed by atoms with Crippen LogP contribution in [0.5, 0.6) is 0 Å². The number of carbonyl (C=O) groups is 1.